The smallest absolute Gasteiger partial charge is 0.243 e. The molecule has 2 aromatic carbocycles. The van der Waals surface area contributed by atoms with E-state index < -0.39 is 5.82 Å². The van der Waals surface area contributed by atoms with E-state index in [4.69, 9.17) is 21.1 Å². The molecule has 0 fully saturated rings. The van der Waals surface area contributed by atoms with Gasteiger partial charge in [-0.15, -0.1) is 0 Å². The molecule has 5 nitrogen and oxygen atoms in total. The minimum atomic E-state index is -0.536. The van der Waals surface area contributed by atoms with Gasteiger partial charge in [-0.25, -0.2) is 4.39 Å². The average molecular weight is 339 g/mol. The van der Waals surface area contributed by atoms with E-state index in [1.165, 1.54) is 25.3 Å². The van der Waals surface area contributed by atoms with Gasteiger partial charge >= 0.3 is 0 Å². The molecule has 0 heterocycles. The fourth-order valence-corrected chi connectivity index (χ4v) is 2.08. The number of rotatable bonds is 6. The number of anilines is 2. The number of carbonyl (C=O) groups excluding carboxylic acids is 1. The maximum absolute atomic E-state index is 13.1. The highest BCUT2D eigenvalue weighted by Gasteiger charge is 2.08. The van der Waals surface area contributed by atoms with Crippen molar-refractivity contribution in [1.82, 2.24) is 0 Å². The summed E-state index contributed by atoms with van der Waals surface area (Å²) in [5, 5.41) is 5.54. The Balaban J connectivity index is 1.97. The van der Waals surface area contributed by atoms with Gasteiger partial charge in [-0.1, -0.05) is 11.6 Å². The van der Waals surface area contributed by atoms with Crippen LogP contribution >= 0.6 is 11.6 Å². The third-order valence-electron chi connectivity index (χ3n) is 3.05. The molecule has 0 radical (unpaired) electrons. The number of benzene rings is 2. The second-order valence-electron chi connectivity index (χ2n) is 4.60. The summed E-state index contributed by atoms with van der Waals surface area (Å²) in [5.74, 6) is 0.371. The summed E-state index contributed by atoms with van der Waals surface area (Å²) >= 11 is 5.67. The van der Waals surface area contributed by atoms with Crippen molar-refractivity contribution in [2.45, 2.75) is 0 Å². The van der Waals surface area contributed by atoms with Crippen molar-refractivity contribution in [3.8, 4) is 11.5 Å². The van der Waals surface area contributed by atoms with E-state index in [-0.39, 0.29) is 17.5 Å². The summed E-state index contributed by atoms with van der Waals surface area (Å²) in [4.78, 5) is 11.9. The molecule has 0 bridgehead atoms. The van der Waals surface area contributed by atoms with Gasteiger partial charge in [0.1, 0.15) is 17.3 Å². The van der Waals surface area contributed by atoms with Crippen LogP contribution in [0.4, 0.5) is 15.8 Å². The van der Waals surface area contributed by atoms with Crippen LogP contribution in [0.25, 0.3) is 0 Å². The molecule has 2 rings (SSSR count). The molecular weight excluding hydrogens is 323 g/mol. The monoisotopic (exact) mass is 338 g/mol. The van der Waals surface area contributed by atoms with Crippen molar-refractivity contribution in [1.29, 1.82) is 0 Å². The molecule has 122 valence electrons. The van der Waals surface area contributed by atoms with E-state index in [0.717, 1.165) is 0 Å². The summed E-state index contributed by atoms with van der Waals surface area (Å²) in [7, 11) is 3.09. The molecule has 2 aromatic rings. The van der Waals surface area contributed by atoms with E-state index in [1.54, 1.807) is 25.3 Å². The third-order valence-corrected chi connectivity index (χ3v) is 3.34. The van der Waals surface area contributed by atoms with E-state index in [2.05, 4.69) is 10.6 Å². The van der Waals surface area contributed by atoms with Crippen molar-refractivity contribution >= 4 is 28.9 Å². The second kappa shape index (κ2) is 7.69. The van der Waals surface area contributed by atoms with E-state index >= 15 is 0 Å². The second-order valence-corrected chi connectivity index (χ2v) is 5.00. The van der Waals surface area contributed by atoms with E-state index in [0.29, 0.717) is 22.9 Å². The molecule has 0 saturated heterocycles. The van der Waals surface area contributed by atoms with Crippen LogP contribution in [0.1, 0.15) is 0 Å². The van der Waals surface area contributed by atoms with Gasteiger partial charge in [-0.3, -0.25) is 4.79 Å². The average Bonchev–Trinajstić information content (AvgIpc) is 2.56. The van der Waals surface area contributed by atoms with Crippen LogP contribution in [0.3, 0.4) is 0 Å². The Morgan fingerprint density at radius 2 is 1.96 bits per heavy atom. The summed E-state index contributed by atoms with van der Waals surface area (Å²) < 4.78 is 23.4. The first-order valence-corrected chi connectivity index (χ1v) is 7.12. The van der Waals surface area contributed by atoms with E-state index in [1.807, 2.05) is 0 Å². The summed E-state index contributed by atoms with van der Waals surface area (Å²) in [6.45, 7) is 0.0116. The van der Waals surface area contributed by atoms with Crippen LogP contribution in [-0.4, -0.2) is 26.7 Å². The first-order valence-electron chi connectivity index (χ1n) is 6.74. The van der Waals surface area contributed by atoms with Gasteiger partial charge in [0, 0.05) is 11.8 Å². The Hall–Kier alpha value is -2.47. The Labute approximate surface area is 138 Å². The Morgan fingerprint density at radius 3 is 2.61 bits per heavy atom. The number of hydrogen-bond donors (Lipinski definition) is 2. The van der Waals surface area contributed by atoms with Gasteiger partial charge in [0.2, 0.25) is 5.91 Å². The highest BCUT2D eigenvalue weighted by atomic mass is 35.5. The molecule has 0 saturated carbocycles. The predicted molar refractivity (Wildman–Crippen MR) is 88.1 cm³/mol. The molecule has 0 spiro atoms. The number of hydrogen-bond acceptors (Lipinski definition) is 4. The standard InChI is InChI=1S/C16H16ClFN2O3/c1-22-11-4-6-14(15(8-11)23-2)19-9-16(21)20-10-3-5-13(18)12(17)7-10/h3-8,19H,9H2,1-2H3,(H,20,21). The molecule has 23 heavy (non-hydrogen) atoms. The Morgan fingerprint density at radius 1 is 1.17 bits per heavy atom. The van der Waals surface area contributed by atoms with Crippen molar-refractivity contribution in [2.24, 2.45) is 0 Å². The van der Waals surface area contributed by atoms with Crippen molar-refractivity contribution in [3.63, 3.8) is 0 Å². The summed E-state index contributed by atoms with van der Waals surface area (Å²) in [6, 6.07) is 9.19. The Bertz CT molecular complexity index is 710. The Kier molecular flexibility index (Phi) is 5.65. The molecule has 1 amide bonds. The number of halogens is 2. The number of carbonyl (C=O) groups is 1. The summed E-state index contributed by atoms with van der Waals surface area (Å²) in [5.41, 5.74) is 1.07. The topological polar surface area (TPSA) is 59.6 Å². The maximum atomic E-state index is 13.1. The zero-order valence-corrected chi connectivity index (χ0v) is 13.4. The minimum absolute atomic E-state index is 0.0116. The largest absolute Gasteiger partial charge is 0.497 e. The number of methoxy groups -OCH3 is 2. The van der Waals surface area contributed by atoms with Gasteiger partial charge < -0.3 is 20.1 Å². The van der Waals surface area contributed by atoms with Gasteiger partial charge in [0.25, 0.3) is 0 Å². The fourth-order valence-electron chi connectivity index (χ4n) is 1.90. The molecule has 0 atom stereocenters. The SMILES string of the molecule is COc1ccc(NCC(=O)Nc2ccc(F)c(Cl)c2)c(OC)c1. The lowest BCUT2D eigenvalue weighted by atomic mass is 10.2. The first kappa shape index (κ1) is 16.9. The molecular formula is C16H16ClFN2O3. The van der Waals surface area contributed by atoms with Crippen LogP contribution in [0.2, 0.25) is 5.02 Å². The zero-order chi connectivity index (χ0) is 16.8. The van der Waals surface area contributed by atoms with Crippen LogP contribution < -0.4 is 20.1 Å². The molecule has 0 aliphatic rings. The predicted octanol–water partition coefficient (Wildman–Crippen LogP) is 3.55. The van der Waals surface area contributed by atoms with E-state index in [9.17, 15) is 9.18 Å². The third kappa shape index (κ3) is 4.50. The molecule has 0 aliphatic heterocycles. The number of ether oxygens (including phenoxy) is 2. The van der Waals surface area contributed by atoms with Crippen LogP contribution in [-0.2, 0) is 4.79 Å². The molecule has 0 aromatic heterocycles. The molecule has 7 heteroatoms. The minimum Gasteiger partial charge on any atom is -0.497 e. The maximum Gasteiger partial charge on any atom is 0.243 e. The highest BCUT2D eigenvalue weighted by Crippen LogP contribution is 2.28. The van der Waals surface area contributed by atoms with Crippen LogP contribution in [0.15, 0.2) is 36.4 Å². The molecule has 0 unspecified atom stereocenters. The zero-order valence-electron chi connectivity index (χ0n) is 12.7. The molecule has 2 N–H and O–H groups in total. The number of nitrogens with one attached hydrogen (secondary N) is 2. The van der Waals surface area contributed by atoms with Crippen molar-refractivity contribution < 1.29 is 18.7 Å². The van der Waals surface area contributed by atoms with Gasteiger partial charge in [-0.05, 0) is 30.3 Å². The first-order chi connectivity index (χ1) is 11.0. The van der Waals surface area contributed by atoms with Crippen molar-refractivity contribution in [3.05, 3.63) is 47.2 Å². The van der Waals surface area contributed by atoms with Gasteiger partial charge in [0.15, 0.2) is 0 Å². The normalized spacial score (nSPS) is 10.1. The molecule has 0 aliphatic carbocycles. The quantitative estimate of drug-likeness (QED) is 0.845. The van der Waals surface area contributed by atoms with Crippen LogP contribution in [0, 0.1) is 5.82 Å². The fraction of sp³-hybridized carbons (Fsp3) is 0.188. The summed E-state index contributed by atoms with van der Waals surface area (Å²) in [6.07, 6.45) is 0. The van der Waals surface area contributed by atoms with Crippen molar-refractivity contribution in [2.75, 3.05) is 31.4 Å². The van der Waals surface area contributed by atoms with Gasteiger partial charge in [0.05, 0.1) is 31.5 Å². The number of amides is 1. The highest BCUT2D eigenvalue weighted by molar-refractivity contribution is 6.31. The lowest BCUT2D eigenvalue weighted by Gasteiger charge is -2.12. The van der Waals surface area contributed by atoms with Crippen LogP contribution in [0.5, 0.6) is 11.5 Å². The lowest BCUT2D eigenvalue weighted by molar-refractivity contribution is -0.114. The lowest BCUT2D eigenvalue weighted by Crippen LogP contribution is -2.22. The van der Waals surface area contributed by atoms with Gasteiger partial charge in [-0.2, -0.15) is 0 Å².